The molecule has 1 N–H and O–H groups in total. The Labute approximate surface area is 168 Å². The van der Waals surface area contributed by atoms with E-state index in [1.165, 1.54) is 17.8 Å². The largest absolute Gasteiger partial charge is 0.349 e. The summed E-state index contributed by atoms with van der Waals surface area (Å²) in [6.07, 6.45) is 5.18. The van der Waals surface area contributed by atoms with E-state index in [9.17, 15) is 9.59 Å². The van der Waals surface area contributed by atoms with Crippen LogP contribution in [0.3, 0.4) is 0 Å². The van der Waals surface area contributed by atoms with Gasteiger partial charge in [0.2, 0.25) is 5.91 Å². The quantitative estimate of drug-likeness (QED) is 0.818. The number of carbonyl (C=O) groups excluding carboxylic acids is 2. The number of rotatable bonds is 4. The van der Waals surface area contributed by atoms with Crippen LogP contribution in [0.4, 0.5) is 0 Å². The summed E-state index contributed by atoms with van der Waals surface area (Å²) in [5, 5.41) is 3.02. The molecule has 0 spiro atoms. The Morgan fingerprint density at radius 2 is 1.89 bits per heavy atom. The predicted octanol–water partition coefficient (Wildman–Crippen LogP) is 4.49. The number of carbonyl (C=O) groups is 2. The van der Waals surface area contributed by atoms with Crippen LogP contribution in [0.2, 0.25) is 4.34 Å². The van der Waals surface area contributed by atoms with E-state index in [2.05, 4.69) is 5.32 Å². The molecule has 4 nitrogen and oxygen atoms in total. The lowest BCUT2D eigenvalue weighted by Gasteiger charge is -2.33. The fourth-order valence-corrected chi connectivity index (χ4v) is 5.48. The minimum absolute atomic E-state index is 0.0238. The van der Waals surface area contributed by atoms with Crippen LogP contribution < -0.4 is 5.32 Å². The molecule has 1 aromatic heterocycles. The number of benzene rings is 1. The molecule has 1 saturated carbocycles. The number of nitrogens with one attached hydrogen (secondary N) is 1. The first-order valence-corrected chi connectivity index (χ1v) is 10.7. The number of hydrogen-bond acceptors (Lipinski definition) is 3. The topological polar surface area (TPSA) is 49.4 Å². The lowest BCUT2D eigenvalue weighted by molar-refractivity contribution is -0.125. The highest BCUT2D eigenvalue weighted by Crippen LogP contribution is 2.40. The second kappa shape index (κ2) is 8.03. The number of amides is 2. The van der Waals surface area contributed by atoms with Gasteiger partial charge in [0, 0.05) is 16.5 Å². The molecule has 1 aliphatic heterocycles. The number of thiophene rings is 1. The van der Waals surface area contributed by atoms with Gasteiger partial charge in [0.25, 0.3) is 5.91 Å². The minimum Gasteiger partial charge on any atom is -0.349 e. The van der Waals surface area contributed by atoms with Gasteiger partial charge >= 0.3 is 0 Å². The van der Waals surface area contributed by atoms with E-state index >= 15 is 0 Å². The fraction of sp³-hybridized carbons (Fsp3) is 0.429. The number of nitrogens with zero attached hydrogens (tertiary/aromatic N) is 1. The zero-order valence-electron chi connectivity index (χ0n) is 15.1. The molecule has 27 heavy (non-hydrogen) atoms. The van der Waals surface area contributed by atoms with Gasteiger partial charge in [-0.05, 0) is 49.4 Å². The summed E-state index contributed by atoms with van der Waals surface area (Å²) in [7, 11) is 0. The van der Waals surface area contributed by atoms with E-state index < -0.39 is 0 Å². The average molecular weight is 403 g/mol. The zero-order valence-corrected chi connectivity index (χ0v) is 16.6. The van der Waals surface area contributed by atoms with Crippen molar-refractivity contribution in [3.05, 3.63) is 57.2 Å². The summed E-state index contributed by atoms with van der Waals surface area (Å²) in [5.74, 6) is 0.348. The highest BCUT2D eigenvalue weighted by Gasteiger charge is 2.47. The summed E-state index contributed by atoms with van der Waals surface area (Å²) in [6, 6.07) is 12.9. The molecule has 1 saturated heterocycles. The van der Waals surface area contributed by atoms with Crippen LogP contribution in [0, 0.1) is 5.92 Å². The van der Waals surface area contributed by atoms with E-state index in [0.717, 1.165) is 30.6 Å². The van der Waals surface area contributed by atoms with Gasteiger partial charge in [-0.1, -0.05) is 42.6 Å². The third kappa shape index (κ3) is 3.90. The third-order valence-electron chi connectivity index (χ3n) is 5.71. The van der Waals surface area contributed by atoms with Crippen LogP contribution in [0.1, 0.15) is 47.3 Å². The van der Waals surface area contributed by atoms with Crippen molar-refractivity contribution in [1.82, 2.24) is 10.2 Å². The van der Waals surface area contributed by atoms with E-state index in [0.29, 0.717) is 22.4 Å². The zero-order chi connectivity index (χ0) is 18.8. The summed E-state index contributed by atoms with van der Waals surface area (Å²) >= 11 is 7.44. The van der Waals surface area contributed by atoms with Crippen LogP contribution in [0.5, 0.6) is 0 Å². The van der Waals surface area contributed by atoms with Gasteiger partial charge < -0.3 is 10.2 Å². The molecule has 0 radical (unpaired) electrons. The molecule has 2 heterocycles. The Kier molecular flexibility index (Phi) is 5.50. The van der Waals surface area contributed by atoms with Crippen molar-refractivity contribution in [3.8, 4) is 0 Å². The van der Waals surface area contributed by atoms with Gasteiger partial charge in [-0.15, -0.1) is 11.3 Å². The maximum atomic E-state index is 13.2. The van der Waals surface area contributed by atoms with Crippen molar-refractivity contribution in [2.45, 2.75) is 50.7 Å². The van der Waals surface area contributed by atoms with Crippen LogP contribution in [-0.4, -0.2) is 28.8 Å². The molecular weight excluding hydrogens is 380 g/mol. The van der Waals surface area contributed by atoms with Gasteiger partial charge in [0.15, 0.2) is 0 Å². The summed E-state index contributed by atoms with van der Waals surface area (Å²) in [6.45, 7) is 0.454. The van der Waals surface area contributed by atoms with Gasteiger partial charge in [0.1, 0.15) is 6.04 Å². The van der Waals surface area contributed by atoms with E-state index in [1.807, 2.05) is 47.4 Å². The van der Waals surface area contributed by atoms with E-state index in [-0.39, 0.29) is 23.9 Å². The standard InChI is InChI=1S/C21H23ClN2O2S/c22-19-11-10-16(27-19)13-23-20(25)18-12-15-8-4-5-9-17(15)24(18)21(26)14-6-2-1-3-7-14/h1-3,6-7,10-11,15,17-18H,4-5,8-9,12-13H2,(H,23,25). The first-order chi connectivity index (χ1) is 13.1. The van der Waals surface area contributed by atoms with Gasteiger partial charge in [-0.2, -0.15) is 0 Å². The molecule has 1 aliphatic carbocycles. The van der Waals surface area contributed by atoms with Crippen LogP contribution >= 0.6 is 22.9 Å². The summed E-state index contributed by atoms with van der Waals surface area (Å²) in [4.78, 5) is 29.1. The molecule has 6 heteroatoms. The maximum absolute atomic E-state index is 13.2. The van der Waals surface area contributed by atoms with Crippen LogP contribution in [0.15, 0.2) is 42.5 Å². The Hall–Kier alpha value is -1.85. The van der Waals surface area contributed by atoms with Crippen molar-refractivity contribution >= 4 is 34.8 Å². The Morgan fingerprint density at radius 3 is 2.63 bits per heavy atom. The molecule has 3 unspecified atom stereocenters. The van der Waals surface area contributed by atoms with Crippen molar-refractivity contribution in [3.63, 3.8) is 0 Å². The number of fused-ring (bicyclic) bond motifs is 1. The van der Waals surface area contributed by atoms with Crippen molar-refractivity contribution in [1.29, 1.82) is 0 Å². The third-order valence-corrected chi connectivity index (χ3v) is 6.94. The monoisotopic (exact) mass is 402 g/mol. The number of likely N-dealkylation sites (tertiary alicyclic amines) is 1. The molecular formula is C21H23ClN2O2S. The Bertz CT molecular complexity index is 823. The normalized spacial score (nSPS) is 24.5. The number of hydrogen-bond donors (Lipinski definition) is 1. The molecule has 142 valence electrons. The highest BCUT2D eigenvalue weighted by atomic mass is 35.5. The van der Waals surface area contributed by atoms with Gasteiger partial charge in [-0.25, -0.2) is 0 Å². The molecule has 3 atom stereocenters. The number of halogens is 1. The lowest BCUT2D eigenvalue weighted by Crippen LogP contribution is -2.49. The molecule has 4 rings (SSSR count). The molecule has 2 aromatic rings. The van der Waals surface area contributed by atoms with Crippen molar-refractivity contribution in [2.75, 3.05) is 0 Å². The van der Waals surface area contributed by atoms with Crippen LogP contribution in [-0.2, 0) is 11.3 Å². The molecule has 2 aliphatic rings. The Morgan fingerprint density at radius 1 is 1.11 bits per heavy atom. The predicted molar refractivity (Wildman–Crippen MR) is 108 cm³/mol. The van der Waals surface area contributed by atoms with Gasteiger partial charge in [-0.3, -0.25) is 9.59 Å². The summed E-state index contributed by atoms with van der Waals surface area (Å²) in [5.41, 5.74) is 0.659. The molecule has 2 fully saturated rings. The molecule has 1 aromatic carbocycles. The second-order valence-corrected chi connectivity index (χ2v) is 9.17. The smallest absolute Gasteiger partial charge is 0.254 e. The first kappa shape index (κ1) is 18.5. The maximum Gasteiger partial charge on any atom is 0.254 e. The lowest BCUT2D eigenvalue weighted by atomic mass is 9.84. The van der Waals surface area contributed by atoms with Crippen molar-refractivity contribution < 1.29 is 9.59 Å². The Balaban J connectivity index is 1.53. The van der Waals surface area contributed by atoms with E-state index in [1.54, 1.807) is 0 Å². The summed E-state index contributed by atoms with van der Waals surface area (Å²) < 4.78 is 0.715. The SMILES string of the molecule is O=C(NCc1ccc(Cl)s1)C1CC2CCCCC2N1C(=O)c1ccccc1. The van der Waals surface area contributed by atoms with Gasteiger partial charge in [0.05, 0.1) is 10.9 Å². The van der Waals surface area contributed by atoms with Crippen molar-refractivity contribution in [2.24, 2.45) is 5.92 Å². The molecule has 2 amide bonds. The molecule has 0 bridgehead atoms. The van der Waals surface area contributed by atoms with E-state index in [4.69, 9.17) is 11.6 Å². The minimum atomic E-state index is -0.388. The fourth-order valence-electron chi connectivity index (χ4n) is 4.45. The second-order valence-electron chi connectivity index (χ2n) is 7.37. The van der Waals surface area contributed by atoms with Crippen LogP contribution in [0.25, 0.3) is 0 Å². The average Bonchev–Trinajstić information content (AvgIpc) is 3.29. The first-order valence-electron chi connectivity index (χ1n) is 9.53. The highest BCUT2D eigenvalue weighted by molar-refractivity contribution is 7.16.